The molecule has 1 atom stereocenters. The Morgan fingerprint density at radius 1 is 1.30 bits per heavy atom. The second-order valence-corrected chi connectivity index (χ2v) is 6.19. The van der Waals surface area contributed by atoms with E-state index in [1.807, 2.05) is 29.6 Å². The fourth-order valence-electron chi connectivity index (χ4n) is 2.39. The van der Waals surface area contributed by atoms with Crippen LogP contribution in [0.15, 0.2) is 58.4 Å². The Morgan fingerprint density at radius 3 is 2.78 bits per heavy atom. The lowest BCUT2D eigenvalue weighted by Crippen LogP contribution is -2.87. The van der Waals surface area contributed by atoms with Gasteiger partial charge in [-0.1, -0.05) is 41.6 Å². The fourth-order valence-corrected chi connectivity index (χ4v) is 3.24. The highest BCUT2D eigenvalue weighted by molar-refractivity contribution is 7.10. The van der Waals surface area contributed by atoms with Gasteiger partial charge in [-0.15, -0.1) is 11.3 Å². The molecule has 0 unspecified atom stereocenters. The van der Waals surface area contributed by atoms with Crippen molar-refractivity contribution in [2.45, 2.75) is 13.0 Å². The van der Waals surface area contributed by atoms with Crippen LogP contribution in [0.25, 0.3) is 0 Å². The molecule has 0 aliphatic rings. The van der Waals surface area contributed by atoms with Crippen LogP contribution in [0.3, 0.4) is 0 Å². The van der Waals surface area contributed by atoms with Gasteiger partial charge < -0.3 is 15.2 Å². The van der Waals surface area contributed by atoms with Gasteiger partial charge in [-0.3, -0.25) is 4.79 Å². The van der Waals surface area contributed by atoms with Crippen LogP contribution in [0, 0.1) is 6.92 Å². The number of hydrogen-bond acceptors (Lipinski definition) is 4. The van der Waals surface area contributed by atoms with E-state index in [0.29, 0.717) is 18.1 Å². The van der Waals surface area contributed by atoms with Crippen LogP contribution < -0.4 is 10.6 Å². The molecule has 3 rings (SSSR count). The lowest BCUT2D eigenvalue weighted by atomic mass is 10.1. The van der Waals surface area contributed by atoms with E-state index in [-0.39, 0.29) is 11.9 Å². The molecule has 118 valence electrons. The van der Waals surface area contributed by atoms with Gasteiger partial charge in [-0.2, -0.15) is 0 Å². The second-order valence-electron chi connectivity index (χ2n) is 5.21. The van der Waals surface area contributed by atoms with Gasteiger partial charge in [0.25, 0.3) is 5.91 Å². The number of nitrogens with zero attached hydrogens (tertiary/aromatic N) is 1. The van der Waals surface area contributed by atoms with E-state index in [9.17, 15) is 4.79 Å². The van der Waals surface area contributed by atoms with Gasteiger partial charge in [0.1, 0.15) is 11.8 Å². The Morgan fingerprint density at radius 2 is 2.13 bits per heavy atom. The first kappa shape index (κ1) is 15.5. The largest absolute Gasteiger partial charge is 0.360 e. The normalized spacial score (nSPS) is 12.0. The lowest BCUT2D eigenvalue weighted by molar-refractivity contribution is -0.675. The average molecular weight is 328 g/mol. The molecule has 3 aromatic rings. The van der Waals surface area contributed by atoms with Crippen molar-refractivity contribution in [1.82, 2.24) is 5.16 Å². The number of aromatic nitrogens is 1. The third-order valence-electron chi connectivity index (χ3n) is 3.44. The highest BCUT2D eigenvalue weighted by atomic mass is 32.1. The number of thiophene rings is 1. The highest BCUT2D eigenvalue weighted by Gasteiger charge is 2.20. The molecular formula is C17H18N3O2S+. The number of aryl methyl sites for hydroxylation is 1. The number of carbonyl (C=O) groups excluding carboxylic acids is 1. The molecule has 0 fully saturated rings. The Labute approximate surface area is 138 Å². The molecular weight excluding hydrogens is 310 g/mol. The van der Waals surface area contributed by atoms with Crippen molar-refractivity contribution >= 4 is 23.1 Å². The number of carbonyl (C=O) groups is 1. The van der Waals surface area contributed by atoms with Gasteiger partial charge >= 0.3 is 0 Å². The van der Waals surface area contributed by atoms with E-state index in [1.54, 1.807) is 24.3 Å². The third kappa shape index (κ3) is 4.06. The Kier molecular flexibility index (Phi) is 4.85. The van der Waals surface area contributed by atoms with Gasteiger partial charge in [-0.25, -0.2) is 0 Å². The minimum Gasteiger partial charge on any atom is -0.360 e. The number of hydrogen-bond donors (Lipinski definition) is 2. The van der Waals surface area contributed by atoms with Crippen LogP contribution in [-0.4, -0.2) is 17.6 Å². The van der Waals surface area contributed by atoms with Gasteiger partial charge in [0.15, 0.2) is 12.4 Å². The second kappa shape index (κ2) is 7.21. The molecule has 2 aromatic heterocycles. The SMILES string of the molecule is Cc1cc(NC(=O)C[NH2+][C@H](c2ccccc2)c2cccs2)no1. The van der Waals surface area contributed by atoms with Crippen LogP contribution in [0.5, 0.6) is 0 Å². The molecule has 0 spiro atoms. The van der Waals surface area contributed by atoms with Crippen molar-refractivity contribution in [2.24, 2.45) is 0 Å². The van der Waals surface area contributed by atoms with Gasteiger partial charge in [0, 0.05) is 11.6 Å². The molecule has 3 N–H and O–H groups in total. The maximum absolute atomic E-state index is 12.1. The molecule has 0 aliphatic heterocycles. The molecule has 23 heavy (non-hydrogen) atoms. The van der Waals surface area contributed by atoms with E-state index >= 15 is 0 Å². The number of quaternary nitrogens is 1. The van der Waals surface area contributed by atoms with E-state index in [4.69, 9.17) is 4.52 Å². The number of amides is 1. The van der Waals surface area contributed by atoms with E-state index in [0.717, 1.165) is 0 Å². The summed E-state index contributed by atoms with van der Waals surface area (Å²) in [6.45, 7) is 2.10. The molecule has 1 amide bonds. The zero-order valence-corrected chi connectivity index (χ0v) is 13.5. The third-order valence-corrected chi connectivity index (χ3v) is 4.40. The maximum atomic E-state index is 12.1. The standard InChI is InChI=1S/C17H17N3O2S/c1-12-10-15(20-22-12)19-16(21)11-18-17(14-8-5-9-23-14)13-6-3-2-4-7-13/h2-10,17-18H,11H2,1H3,(H,19,20,21)/p+1/t17-/m1/s1. The molecule has 0 aliphatic carbocycles. The van der Waals surface area contributed by atoms with Crippen molar-refractivity contribution in [3.63, 3.8) is 0 Å². The smallest absolute Gasteiger partial charge is 0.280 e. The molecule has 5 nitrogen and oxygen atoms in total. The van der Waals surface area contributed by atoms with Gasteiger partial charge in [-0.05, 0) is 18.4 Å². The van der Waals surface area contributed by atoms with Crippen LogP contribution in [0.1, 0.15) is 22.2 Å². The first-order chi connectivity index (χ1) is 11.2. The summed E-state index contributed by atoms with van der Waals surface area (Å²) in [5, 5.41) is 10.6. The zero-order chi connectivity index (χ0) is 16.1. The maximum Gasteiger partial charge on any atom is 0.280 e. The predicted octanol–water partition coefficient (Wildman–Crippen LogP) is 2.34. The lowest BCUT2D eigenvalue weighted by Gasteiger charge is -2.14. The van der Waals surface area contributed by atoms with E-state index in [2.05, 4.69) is 34.1 Å². The minimum absolute atomic E-state index is 0.101. The quantitative estimate of drug-likeness (QED) is 0.729. The fraction of sp³-hybridized carbons (Fsp3) is 0.176. The first-order valence-corrected chi connectivity index (χ1v) is 8.25. The molecule has 6 heteroatoms. The number of rotatable bonds is 6. The summed E-state index contributed by atoms with van der Waals surface area (Å²) >= 11 is 1.69. The summed E-state index contributed by atoms with van der Waals surface area (Å²) in [4.78, 5) is 13.3. The molecule has 0 radical (unpaired) electrons. The van der Waals surface area contributed by atoms with Crippen LogP contribution >= 0.6 is 11.3 Å². The molecule has 1 aromatic carbocycles. The van der Waals surface area contributed by atoms with Crippen molar-refractivity contribution in [3.05, 3.63) is 70.1 Å². The minimum atomic E-state index is -0.101. The van der Waals surface area contributed by atoms with Gasteiger partial charge in [0.2, 0.25) is 0 Å². The van der Waals surface area contributed by atoms with Crippen molar-refractivity contribution < 1.29 is 14.6 Å². The van der Waals surface area contributed by atoms with Crippen LogP contribution in [-0.2, 0) is 4.79 Å². The molecule has 0 saturated carbocycles. The summed E-state index contributed by atoms with van der Waals surface area (Å²) in [6.07, 6.45) is 0. The first-order valence-electron chi connectivity index (χ1n) is 7.37. The van der Waals surface area contributed by atoms with Crippen LogP contribution in [0.2, 0.25) is 0 Å². The summed E-state index contributed by atoms with van der Waals surface area (Å²) in [6, 6.07) is 16.1. The van der Waals surface area contributed by atoms with E-state index < -0.39 is 0 Å². The van der Waals surface area contributed by atoms with Crippen molar-refractivity contribution in [1.29, 1.82) is 0 Å². The number of benzene rings is 1. The zero-order valence-electron chi connectivity index (χ0n) is 12.7. The van der Waals surface area contributed by atoms with Crippen molar-refractivity contribution in [2.75, 3.05) is 11.9 Å². The molecule has 2 heterocycles. The highest BCUT2D eigenvalue weighted by Crippen LogP contribution is 2.22. The van der Waals surface area contributed by atoms with Crippen molar-refractivity contribution in [3.8, 4) is 0 Å². The number of nitrogens with one attached hydrogen (secondary N) is 1. The summed E-state index contributed by atoms with van der Waals surface area (Å²) in [5.74, 6) is 1.02. The summed E-state index contributed by atoms with van der Waals surface area (Å²) < 4.78 is 4.95. The van der Waals surface area contributed by atoms with Crippen LogP contribution in [0.4, 0.5) is 5.82 Å². The van der Waals surface area contributed by atoms with E-state index in [1.165, 1.54) is 10.4 Å². The Bertz CT molecular complexity index is 753. The van der Waals surface area contributed by atoms with Gasteiger partial charge in [0.05, 0.1) is 4.88 Å². The number of nitrogens with two attached hydrogens (primary N) is 1. The summed E-state index contributed by atoms with van der Waals surface area (Å²) in [5.41, 5.74) is 1.18. The number of anilines is 1. The Balaban J connectivity index is 1.66. The molecule has 0 saturated heterocycles. The average Bonchev–Trinajstić information content (AvgIpc) is 3.21. The predicted molar refractivity (Wildman–Crippen MR) is 89.3 cm³/mol. The topological polar surface area (TPSA) is 71.7 Å². The summed E-state index contributed by atoms with van der Waals surface area (Å²) in [7, 11) is 0. The molecule has 0 bridgehead atoms. The Hall–Kier alpha value is -2.44. The monoisotopic (exact) mass is 328 g/mol.